The van der Waals surface area contributed by atoms with Gasteiger partial charge in [-0.2, -0.15) is 0 Å². The molecular weight excluding hydrogens is 602 g/mol. The van der Waals surface area contributed by atoms with Gasteiger partial charge in [-0.15, -0.1) is 0 Å². The summed E-state index contributed by atoms with van der Waals surface area (Å²) in [7, 11) is 0. The molecule has 0 atom stereocenters. The summed E-state index contributed by atoms with van der Waals surface area (Å²) in [6, 6.07) is 0. The monoisotopic (exact) mass is 602 g/mol. The Morgan fingerprint density at radius 2 is 0.273 bits per heavy atom. The summed E-state index contributed by atoms with van der Waals surface area (Å²) in [5.41, 5.74) is 0. The van der Waals surface area contributed by atoms with Crippen LogP contribution < -0.4 is 0 Å². The van der Waals surface area contributed by atoms with E-state index in [9.17, 15) is 0 Å². The van der Waals surface area contributed by atoms with E-state index < -0.39 is 0 Å². The van der Waals surface area contributed by atoms with Crippen LogP contribution in [0, 0.1) is 0 Å². The van der Waals surface area contributed by atoms with Gasteiger partial charge in [-0.1, -0.05) is 0 Å². The van der Waals surface area contributed by atoms with Crippen molar-refractivity contribution in [3.05, 3.63) is 0 Å². The maximum Gasteiger partial charge on any atom is 4.00 e. The van der Waals surface area contributed by atoms with Crippen molar-refractivity contribution in [1.29, 1.82) is 0 Å². The van der Waals surface area contributed by atoms with E-state index in [0.29, 0.717) is 0 Å². The van der Waals surface area contributed by atoms with Gasteiger partial charge in [-0.3, -0.25) is 0 Å². The van der Waals surface area contributed by atoms with Crippen molar-refractivity contribution in [3.8, 4) is 0 Å². The van der Waals surface area contributed by atoms with Gasteiger partial charge in [-0.05, 0) is 0 Å². The molecule has 0 N–H and O–H groups in total. The van der Waals surface area contributed by atoms with Gasteiger partial charge >= 0.3 is 88.2 Å². The fourth-order valence-electron chi connectivity index (χ4n) is 0. The van der Waals surface area contributed by atoms with Crippen LogP contribution in [0.3, 0.4) is 0 Å². The minimum Gasteiger partial charge on any atom is -2.00 e. The molecule has 0 heterocycles. The fourth-order valence-corrected chi connectivity index (χ4v) is 0. The van der Waals surface area contributed by atoms with E-state index in [1.54, 1.807) is 0 Å². The van der Waals surface area contributed by atoms with Gasteiger partial charge in [0.25, 0.3) is 0 Å². The molecule has 7 nitrogen and oxygen atoms in total. The molecule has 11 heteroatoms. The van der Waals surface area contributed by atoms with Crippen molar-refractivity contribution in [2.24, 2.45) is 0 Å². The van der Waals surface area contributed by atoms with Crippen LogP contribution in [0.1, 0.15) is 0 Å². The summed E-state index contributed by atoms with van der Waals surface area (Å²) in [4.78, 5) is 0. The smallest absolute Gasteiger partial charge is 2.00 e. The Balaban J connectivity index is 0. The first-order valence-electron chi connectivity index (χ1n) is 0. The quantitative estimate of drug-likeness (QED) is 0.312. The summed E-state index contributed by atoms with van der Waals surface area (Å²) in [6.07, 6.45) is 0. The molecule has 0 radical (unpaired) electrons. The van der Waals surface area contributed by atoms with Crippen LogP contribution in [0.15, 0.2) is 0 Å². The SMILES string of the molecule is [Au+3].[Au+3].[O-2].[O-2].[O-2].[O-2].[O-2].[O-2].[O-2].[Ti+4].[Ti+4]. The Hall–Kier alpha value is 2.63. The Labute approximate surface area is 125 Å². The van der Waals surface area contributed by atoms with E-state index in [-0.39, 0.29) is 127 Å². The molecule has 0 aromatic rings. The van der Waals surface area contributed by atoms with Crippen LogP contribution in [0.2, 0.25) is 0 Å². The second kappa shape index (κ2) is 247. The van der Waals surface area contributed by atoms with E-state index in [1.807, 2.05) is 0 Å². The number of rotatable bonds is 0. The van der Waals surface area contributed by atoms with Crippen molar-refractivity contribution < 1.29 is 127 Å². The second-order valence-corrected chi connectivity index (χ2v) is 0. The molecule has 0 amide bonds. The molecular formula is Au2O7Ti2. The third-order valence-corrected chi connectivity index (χ3v) is 0. The average Bonchev–Trinajstić information content (AvgIpc) is 0. The minimum atomic E-state index is 0. The predicted molar refractivity (Wildman–Crippen MR) is 4.81 cm³/mol. The Bertz CT molecular complexity index is 14.4. The second-order valence-electron chi connectivity index (χ2n) is 0. The zero-order valence-electron chi connectivity index (χ0n) is 4.46. The van der Waals surface area contributed by atoms with E-state index >= 15 is 0 Å². The molecule has 0 unspecified atom stereocenters. The average molecular weight is 602 g/mol. The standard InChI is InChI=1S/2Au.7O.2Ti/q2*+3;7*-2;2*+4. The predicted octanol–water partition coefficient (Wildman–Crippen LogP) is -0.842. The van der Waals surface area contributed by atoms with E-state index in [0.717, 1.165) is 0 Å². The Morgan fingerprint density at radius 3 is 0.273 bits per heavy atom. The summed E-state index contributed by atoms with van der Waals surface area (Å²) >= 11 is 0. The molecule has 0 aromatic heterocycles. The van der Waals surface area contributed by atoms with Crippen LogP contribution in [0.4, 0.5) is 0 Å². The van der Waals surface area contributed by atoms with Gasteiger partial charge < -0.3 is 38.3 Å². The van der Waals surface area contributed by atoms with Crippen molar-refractivity contribution in [3.63, 3.8) is 0 Å². The number of hydrogen-bond acceptors (Lipinski definition) is 0. The van der Waals surface area contributed by atoms with Gasteiger partial charge in [0.1, 0.15) is 0 Å². The Kier molecular flexibility index (Phi) is 7060. The summed E-state index contributed by atoms with van der Waals surface area (Å²) in [5, 5.41) is 0. The van der Waals surface area contributed by atoms with Gasteiger partial charge in [0.2, 0.25) is 0 Å². The molecule has 11 heavy (non-hydrogen) atoms. The molecule has 72 valence electrons. The zero-order valence-corrected chi connectivity index (χ0v) is 11.9. The van der Waals surface area contributed by atoms with E-state index in [1.165, 1.54) is 0 Å². The molecule has 0 rings (SSSR count). The van der Waals surface area contributed by atoms with Crippen LogP contribution >= 0.6 is 0 Å². The largest absolute Gasteiger partial charge is 4.00 e. The summed E-state index contributed by atoms with van der Waals surface area (Å²) in [6.45, 7) is 0. The molecule has 0 aliphatic heterocycles. The molecule has 0 fully saturated rings. The van der Waals surface area contributed by atoms with E-state index in [4.69, 9.17) is 0 Å². The van der Waals surface area contributed by atoms with Gasteiger partial charge in [-0.25, -0.2) is 0 Å². The summed E-state index contributed by atoms with van der Waals surface area (Å²) in [5.74, 6) is 0. The topological polar surface area (TPSA) is 200 Å². The minimum absolute atomic E-state index is 0. The third kappa shape index (κ3) is 206. The van der Waals surface area contributed by atoms with Crippen molar-refractivity contribution in [2.75, 3.05) is 0 Å². The molecule has 0 spiro atoms. The molecule has 0 bridgehead atoms. The first-order valence-corrected chi connectivity index (χ1v) is 0. The van der Waals surface area contributed by atoms with Crippen molar-refractivity contribution >= 4 is 0 Å². The first kappa shape index (κ1) is 314. The molecule has 0 saturated heterocycles. The molecule has 0 aromatic carbocycles. The molecule has 0 aliphatic rings. The normalized spacial score (nSPS) is 0. The van der Waals surface area contributed by atoms with Crippen LogP contribution in [-0.2, 0) is 127 Å². The zero-order chi connectivity index (χ0) is 0. The van der Waals surface area contributed by atoms with Crippen LogP contribution in [-0.4, -0.2) is 0 Å². The van der Waals surface area contributed by atoms with Crippen LogP contribution in [0.5, 0.6) is 0 Å². The molecule has 0 saturated carbocycles. The van der Waals surface area contributed by atoms with Crippen LogP contribution in [0.25, 0.3) is 0 Å². The number of hydrogen-bond donors (Lipinski definition) is 0. The Morgan fingerprint density at radius 1 is 0.273 bits per heavy atom. The van der Waals surface area contributed by atoms with Gasteiger partial charge in [0.15, 0.2) is 0 Å². The first-order chi connectivity index (χ1) is 0. The summed E-state index contributed by atoms with van der Waals surface area (Å²) < 4.78 is 0. The fraction of sp³-hybridized carbons (Fsp3) is 0. The van der Waals surface area contributed by atoms with Crippen molar-refractivity contribution in [1.82, 2.24) is 0 Å². The van der Waals surface area contributed by atoms with Gasteiger partial charge in [0, 0.05) is 0 Å². The third-order valence-electron chi connectivity index (χ3n) is 0. The van der Waals surface area contributed by atoms with Crippen molar-refractivity contribution in [2.45, 2.75) is 0 Å². The van der Waals surface area contributed by atoms with E-state index in [2.05, 4.69) is 0 Å². The van der Waals surface area contributed by atoms with Gasteiger partial charge in [0.05, 0.1) is 0 Å². The maximum absolute atomic E-state index is 0. The maximum atomic E-state index is 0. The molecule has 0 aliphatic carbocycles.